The molecule has 4 heteroatoms. The number of nitrogens with one attached hydrogen (secondary N) is 1. The molecule has 0 radical (unpaired) electrons. The summed E-state index contributed by atoms with van der Waals surface area (Å²) in [4.78, 5) is 11.1. The van der Waals surface area contributed by atoms with E-state index in [1.54, 1.807) is 0 Å². The Morgan fingerprint density at radius 1 is 1.15 bits per heavy atom. The van der Waals surface area contributed by atoms with Crippen LogP contribution in [0.15, 0.2) is 48.5 Å². The van der Waals surface area contributed by atoms with Gasteiger partial charge in [-0.15, -0.1) is 0 Å². The van der Waals surface area contributed by atoms with E-state index in [-0.39, 0.29) is 6.04 Å². The fourth-order valence-electron chi connectivity index (χ4n) is 2.67. The fraction of sp³-hybridized carbons (Fsp3) is 0.188. The van der Waals surface area contributed by atoms with E-state index < -0.39 is 6.03 Å². The van der Waals surface area contributed by atoms with E-state index in [0.29, 0.717) is 0 Å². The van der Waals surface area contributed by atoms with Gasteiger partial charge in [-0.25, -0.2) is 4.79 Å². The van der Waals surface area contributed by atoms with Crippen molar-refractivity contribution >= 4 is 6.03 Å². The van der Waals surface area contributed by atoms with Gasteiger partial charge in [-0.05, 0) is 36.6 Å². The summed E-state index contributed by atoms with van der Waals surface area (Å²) in [5.74, 6) is 1.57. The van der Waals surface area contributed by atoms with Gasteiger partial charge in [-0.2, -0.15) is 0 Å². The molecule has 0 saturated heterocycles. The number of para-hydroxylation sites is 1. The molecule has 1 atom stereocenters. The first-order chi connectivity index (χ1) is 9.74. The van der Waals surface area contributed by atoms with Gasteiger partial charge in [0.05, 0.1) is 6.04 Å². The number of fused-ring (bicyclic) bond motifs is 1. The maximum atomic E-state index is 11.1. The van der Waals surface area contributed by atoms with Gasteiger partial charge < -0.3 is 15.8 Å². The SMILES string of the molecule is NC(=O)NC1CCc2cccc(Oc3ccccc3)c21. The van der Waals surface area contributed by atoms with Crippen LogP contribution >= 0.6 is 0 Å². The number of benzene rings is 2. The van der Waals surface area contributed by atoms with Crippen molar-refractivity contribution < 1.29 is 9.53 Å². The van der Waals surface area contributed by atoms with Gasteiger partial charge in [0.15, 0.2) is 0 Å². The van der Waals surface area contributed by atoms with Crippen molar-refractivity contribution in [1.29, 1.82) is 0 Å². The van der Waals surface area contributed by atoms with Gasteiger partial charge in [0.2, 0.25) is 0 Å². The number of hydrogen-bond acceptors (Lipinski definition) is 2. The third kappa shape index (κ3) is 2.45. The second-order valence-corrected chi connectivity index (χ2v) is 4.84. The number of amides is 2. The molecule has 2 aromatic carbocycles. The summed E-state index contributed by atoms with van der Waals surface area (Å²) in [6, 6.07) is 15.0. The van der Waals surface area contributed by atoms with E-state index in [1.807, 2.05) is 42.5 Å². The number of rotatable bonds is 3. The second-order valence-electron chi connectivity index (χ2n) is 4.84. The monoisotopic (exact) mass is 268 g/mol. The van der Waals surface area contributed by atoms with Crippen LogP contribution in [-0.2, 0) is 6.42 Å². The Morgan fingerprint density at radius 3 is 2.70 bits per heavy atom. The lowest BCUT2D eigenvalue weighted by Gasteiger charge is -2.16. The molecule has 0 bridgehead atoms. The standard InChI is InChI=1S/C16H16N2O2/c17-16(19)18-13-10-9-11-5-4-8-14(15(11)13)20-12-6-2-1-3-7-12/h1-8,13H,9-10H2,(H3,17,18,19). The molecule has 0 heterocycles. The maximum Gasteiger partial charge on any atom is 0.312 e. The highest BCUT2D eigenvalue weighted by Crippen LogP contribution is 2.39. The van der Waals surface area contributed by atoms with Gasteiger partial charge >= 0.3 is 6.03 Å². The van der Waals surface area contributed by atoms with Gasteiger partial charge in [-0.3, -0.25) is 0 Å². The maximum absolute atomic E-state index is 11.1. The van der Waals surface area contributed by atoms with Gasteiger partial charge in [0.1, 0.15) is 11.5 Å². The summed E-state index contributed by atoms with van der Waals surface area (Å²) >= 11 is 0. The molecule has 0 aromatic heterocycles. The Balaban J connectivity index is 1.93. The summed E-state index contributed by atoms with van der Waals surface area (Å²) in [7, 11) is 0. The van der Waals surface area contributed by atoms with E-state index in [4.69, 9.17) is 10.5 Å². The minimum Gasteiger partial charge on any atom is -0.457 e. The Labute approximate surface area is 117 Å². The van der Waals surface area contributed by atoms with Gasteiger partial charge in [0, 0.05) is 5.56 Å². The molecule has 1 aliphatic carbocycles. The van der Waals surface area contributed by atoms with E-state index in [9.17, 15) is 4.79 Å². The summed E-state index contributed by atoms with van der Waals surface area (Å²) in [6.07, 6.45) is 1.78. The Kier molecular flexibility index (Phi) is 3.29. The van der Waals surface area contributed by atoms with E-state index in [0.717, 1.165) is 29.9 Å². The van der Waals surface area contributed by atoms with Crippen LogP contribution in [0.1, 0.15) is 23.6 Å². The minimum absolute atomic E-state index is 0.0672. The zero-order chi connectivity index (χ0) is 13.9. The highest BCUT2D eigenvalue weighted by atomic mass is 16.5. The predicted molar refractivity (Wildman–Crippen MR) is 76.7 cm³/mol. The molecule has 102 valence electrons. The van der Waals surface area contributed by atoms with Crippen LogP contribution in [-0.4, -0.2) is 6.03 Å². The van der Waals surface area contributed by atoms with Gasteiger partial charge in [-0.1, -0.05) is 30.3 Å². The van der Waals surface area contributed by atoms with Gasteiger partial charge in [0.25, 0.3) is 0 Å². The van der Waals surface area contributed by atoms with Crippen LogP contribution in [0.3, 0.4) is 0 Å². The molecular weight excluding hydrogens is 252 g/mol. The first kappa shape index (κ1) is 12.5. The van der Waals surface area contributed by atoms with Crippen LogP contribution in [0, 0.1) is 0 Å². The second kappa shape index (κ2) is 5.25. The highest BCUT2D eigenvalue weighted by molar-refractivity contribution is 5.72. The van der Waals surface area contributed by atoms with Crippen LogP contribution < -0.4 is 15.8 Å². The summed E-state index contributed by atoms with van der Waals surface area (Å²) in [6.45, 7) is 0. The molecule has 3 rings (SSSR count). The number of urea groups is 1. The molecule has 0 spiro atoms. The quantitative estimate of drug-likeness (QED) is 0.898. The van der Waals surface area contributed by atoms with Crippen LogP contribution in [0.2, 0.25) is 0 Å². The molecule has 2 amide bonds. The number of hydrogen-bond donors (Lipinski definition) is 2. The smallest absolute Gasteiger partial charge is 0.312 e. The third-order valence-corrected chi connectivity index (χ3v) is 3.49. The first-order valence-electron chi connectivity index (χ1n) is 6.64. The van der Waals surface area contributed by atoms with E-state index >= 15 is 0 Å². The fourth-order valence-corrected chi connectivity index (χ4v) is 2.67. The van der Waals surface area contributed by atoms with Crippen LogP contribution in [0.25, 0.3) is 0 Å². The number of carbonyl (C=O) groups excluding carboxylic acids is 1. The Bertz CT molecular complexity index is 626. The molecule has 0 fully saturated rings. The summed E-state index contributed by atoms with van der Waals surface area (Å²) in [5.41, 5.74) is 7.48. The number of carbonyl (C=O) groups is 1. The van der Waals surface area contributed by atoms with Crippen LogP contribution in [0.4, 0.5) is 4.79 Å². The summed E-state index contributed by atoms with van der Waals surface area (Å²) in [5, 5.41) is 2.78. The van der Waals surface area contributed by atoms with Crippen molar-refractivity contribution in [2.45, 2.75) is 18.9 Å². The van der Waals surface area contributed by atoms with Crippen molar-refractivity contribution in [3.8, 4) is 11.5 Å². The average molecular weight is 268 g/mol. The molecule has 20 heavy (non-hydrogen) atoms. The van der Waals surface area contributed by atoms with Crippen molar-refractivity contribution in [3.63, 3.8) is 0 Å². The lowest BCUT2D eigenvalue weighted by molar-refractivity contribution is 0.245. The van der Waals surface area contributed by atoms with Crippen molar-refractivity contribution in [3.05, 3.63) is 59.7 Å². The lowest BCUT2D eigenvalue weighted by atomic mass is 10.1. The predicted octanol–water partition coefficient (Wildman–Crippen LogP) is 3.13. The molecule has 1 unspecified atom stereocenters. The highest BCUT2D eigenvalue weighted by Gasteiger charge is 2.27. The van der Waals surface area contributed by atoms with E-state index in [1.165, 1.54) is 5.56 Å². The molecule has 2 aromatic rings. The molecular formula is C16H16N2O2. The van der Waals surface area contributed by atoms with Crippen molar-refractivity contribution in [2.75, 3.05) is 0 Å². The van der Waals surface area contributed by atoms with Crippen molar-refractivity contribution in [2.24, 2.45) is 5.73 Å². The largest absolute Gasteiger partial charge is 0.457 e. The number of primary amides is 1. The Morgan fingerprint density at radius 2 is 1.95 bits per heavy atom. The first-order valence-corrected chi connectivity index (χ1v) is 6.64. The third-order valence-electron chi connectivity index (χ3n) is 3.49. The lowest BCUT2D eigenvalue weighted by Crippen LogP contribution is -2.32. The zero-order valence-electron chi connectivity index (χ0n) is 11.0. The van der Waals surface area contributed by atoms with E-state index in [2.05, 4.69) is 11.4 Å². The minimum atomic E-state index is -0.502. The number of nitrogens with two attached hydrogens (primary N) is 1. The average Bonchev–Trinajstić information content (AvgIpc) is 2.84. The molecule has 4 nitrogen and oxygen atoms in total. The molecule has 0 aliphatic heterocycles. The number of ether oxygens (including phenoxy) is 1. The molecule has 1 aliphatic rings. The van der Waals surface area contributed by atoms with Crippen LogP contribution in [0.5, 0.6) is 11.5 Å². The molecule has 0 saturated carbocycles. The van der Waals surface area contributed by atoms with Crippen molar-refractivity contribution in [1.82, 2.24) is 5.32 Å². The molecule has 3 N–H and O–H groups in total. The topological polar surface area (TPSA) is 64.4 Å². The summed E-state index contributed by atoms with van der Waals surface area (Å²) < 4.78 is 5.94. The zero-order valence-corrected chi connectivity index (χ0v) is 11.0. The Hall–Kier alpha value is -2.49. The normalized spacial score (nSPS) is 16.5. The number of aryl methyl sites for hydroxylation is 1.